The number of unbranched alkanes of at least 4 members (excludes halogenated alkanes) is 4. The molecule has 3 atom stereocenters. The zero-order chi connectivity index (χ0) is 30.5. The predicted molar refractivity (Wildman–Crippen MR) is 164 cm³/mol. The maximum absolute atomic E-state index is 12.8. The molecule has 0 N–H and O–H groups in total. The average Bonchev–Trinajstić information content (AvgIpc) is 3.17. The van der Waals surface area contributed by atoms with Gasteiger partial charge in [-0.2, -0.15) is 0 Å². The average molecular weight is 569 g/mol. The van der Waals surface area contributed by atoms with Crippen LogP contribution in [0.2, 0.25) is 0 Å². The molecule has 0 fully saturated rings. The van der Waals surface area contributed by atoms with Crippen LogP contribution in [0.5, 0.6) is 0 Å². The van der Waals surface area contributed by atoms with Crippen molar-refractivity contribution in [1.29, 1.82) is 0 Å². The van der Waals surface area contributed by atoms with Crippen molar-refractivity contribution >= 4 is 17.9 Å². The van der Waals surface area contributed by atoms with E-state index in [0.717, 1.165) is 32.1 Å². The van der Waals surface area contributed by atoms with Gasteiger partial charge in [0.15, 0.2) is 6.10 Å². The molecule has 3 unspecified atom stereocenters. The van der Waals surface area contributed by atoms with E-state index in [2.05, 4.69) is 45.9 Å². The van der Waals surface area contributed by atoms with E-state index in [1.165, 1.54) is 12.0 Å². The third-order valence-corrected chi connectivity index (χ3v) is 8.26. The Bertz CT molecular complexity index is 1040. The van der Waals surface area contributed by atoms with Gasteiger partial charge in [0.2, 0.25) is 5.78 Å². The van der Waals surface area contributed by atoms with E-state index in [9.17, 15) is 14.4 Å². The highest BCUT2D eigenvalue weighted by Gasteiger charge is 2.33. The largest absolute Gasteiger partial charge is 0.509 e. The fraction of sp³-hybridized carbons (Fsp3) is 0.629. The van der Waals surface area contributed by atoms with Gasteiger partial charge in [-0.1, -0.05) is 101 Å². The second-order valence-corrected chi connectivity index (χ2v) is 12.5. The number of esters is 1. The molecule has 0 heterocycles. The number of ketones is 1. The molecule has 0 amide bonds. The zero-order valence-electron chi connectivity index (χ0n) is 26.4. The summed E-state index contributed by atoms with van der Waals surface area (Å²) in [6.07, 6.45) is 12.6. The fourth-order valence-corrected chi connectivity index (χ4v) is 5.08. The molecule has 0 bridgehead atoms. The van der Waals surface area contributed by atoms with Crippen LogP contribution in [-0.2, 0) is 19.0 Å². The number of benzene rings is 1. The summed E-state index contributed by atoms with van der Waals surface area (Å²) < 4.78 is 16.8. The summed E-state index contributed by atoms with van der Waals surface area (Å²) in [5, 5.41) is 0. The van der Waals surface area contributed by atoms with Crippen molar-refractivity contribution in [3.05, 3.63) is 59.7 Å². The summed E-state index contributed by atoms with van der Waals surface area (Å²) in [7, 11) is 0. The van der Waals surface area contributed by atoms with Gasteiger partial charge in [-0.25, -0.2) is 4.79 Å². The Morgan fingerprint density at radius 1 is 1.02 bits per heavy atom. The summed E-state index contributed by atoms with van der Waals surface area (Å²) in [4.78, 5) is 37.9. The van der Waals surface area contributed by atoms with Crippen molar-refractivity contribution in [1.82, 2.24) is 0 Å². The Labute approximate surface area is 247 Å². The molecule has 228 valence electrons. The summed E-state index contributed by atoms with van der Waals surface area (Å²) in [6, 6.07) is 8.77. The number of rotatable bonds is 17. The molecular formula is C35H52O6. The van der Waals surface area contributed by atoms with Crippen LogP contribution < -0.4 is 0 Å². The Morgan fingerprint density at radius 2 is 1.71 bits per heavy atom. The minimum absolute atomic E-state index is 0.0517. The highest BCUT2D eigenvalue weighted by molar-refractivity contribution is 6.00. The number of hydrogen-bond donors (Lipinski definition) is 0. The minimum atomic E-state index is -0.883. The lowest BCUT2D eigenvalue weighted by molar-refractivity contribution is -0.147. The Morgan fingerprint density at radius 3 is 2.34 bits per heavy atom. The summed E-state index contributed by atoms with van der Waals surface area (Å²) >= 11 is 0. The number of ether oxygens (including phenoxy) is 3. The first-order chi connectivity index (χ1) is 19.4. The third kappa shape index (κ3) is 11.9. The highest BCUT2D eigenvalue weighted by Crippen LogP contribution is 2.43. The van der Waals surface area contributed by atoms with E-state index in [1.54, 1.807) is 31.2 Å². The van der Waals surface area contributed by atoms with Crippen LogP contribution in [0.15, 0.2) is 54.1 Å². The number of allylic oxidation sites excluding steroid dienone is 3. The monoisotopic (exact) mass is 568 g/mol. The maximum atomic E-state index is 12.8. The molecule has 1 aliphatic carbocycles. The number of carbonyl (C=O) groups excluding carboxylic acids is 3. The van der Waals surface area contributed by atoms with Gasteiger partial charge in [-0.15, -0.1) is 0 Å². The van der Waals surface area contributed by atoms with Crippen molar-refractivity contribution in [2.45, 2.75) is 130 Å². The maximum Gasteiger partial charge on any atom is 0.509 e. The second kappa shape index (κ2) is 16.5. The van der Waals surface area contributed by atoms with Gasteiger partial charge in [0, 0.05) is 18.4 Å². The molecule has 1 aromatic rings. The molecule has 0 saturated heterocycles. The van der Waals surface area contributed by atoms with Crippen molar-refractivity contribution in [2.75, 3.05) is 0 Å². The highest BCUT2D eigenvalue weighted by atomic mass is 16.7. The topological polar surface area (TPSA) is 78.9 Å². The number of hydrogen-bond acceptors (Lipinski definition) is 6. The van der Waals surface area contributed by atoms with Gasteiger partial charge in [0.25, 0.3) is 0 Å². The van der Waals surface area contributed by atoms with Crippen LogP contribution in [-0.4, -0.2) is 35.7 Å². The van der Waals surface area contributed by atoms with E-state index in [4.69, 9.17) is 14.2 Å². The number of Topliss-reactive ketones (excluding diaryl/α,β-unsaturated/α-hetero) is 1. The first-order valence-corrected chi connectivity index (χ1v) is 15.4. The van der Waals surface area contributed by atoms with Gasteiger partial charge in [-0.3, -0.25) is 9.59 Å². The summed E-state index contributed by atoms with van der Waals surface area (Å²) in [5.41, 5.74) is 1.32. The zero-order valence-corrected chi connectivity index (χ0v) is 26.4. The molecular weight excluding hydrogens is 516 g/mol. The van der Waals surface area contributed by atoms with Gasteiger partial charge < -0.3 is 14.2 Å². The van der Waals surface area contributed by atoms with Gasteiger partial charge in [-0.05, 0) is 64.7 Å². The molecule has 0 spiro atoms. The van der Waals surface area contributed by atoms with Gasteiger partial charge in [0.05, 0.1) is 0 Å². The molecule has 41 heavy (non-hydrogen) atoms. The van der Waals surface area contributed by atoms with E-state index in [-0.39, 0.29) is 17.6 Å². The van der Waals surface area contributed by atoms with E-state index in [1.807, 2.05) is 19.9 Å². The normalized spacial score (nSPS) is 18.0. The van der Waals surface area contributed by atoms with Crippen molar-refractivity contribution < 1.29 is 28.6 Å². The molecule has 2 rings (SSSR count). The number of carbonyl (C=O) groups is 3. The van der Waals surface area contributed by atoms with Crippen LogP contribution in [0.4, 0.5) is 4.79 Å². The van der Waals surface area contributed by atoms with Gasteiger partial charge in [0.1, 0.15) is 11.7 Å². The quantitative estimate of drug-likeness (QED) is 0.0807. The van der Waals surface area contributed by atoms with E-state index >= 15 is 0 Å². The second-order valence-electron chi connectivity index (χ2n) is 12.5. The summed E-state index contributed by atoms with van der Waals surface area (Å²) in [6.45, 7) is 14.2. The lowest BCUT2D eigenvalue weighted by atomic mass is 9.77. The lowest BCUT2D eigenvalue weighted by Gasteiger charge is -2.28. The molecule has 0 radical (unpaired) electrons. The van der Waals surface area contributed by atoms with Crippen LogP contribution >= 0.6 is 0 Å². The Balaban J connectivity index is 1.88. The minimum Gasteiger partial charge on any atom is -0.454 e. The molecule has 1 aliphatic rings. The first-order valence-electron chi connectivity index (χ1n) is 15.4. The Kier molecular flexibility index (Phi) is 13.8. The van der Waals surface area contributed by atoms with Crippen molar-refractivity contribution in [2.24, 2.45) is 11.3 Å². The van der Waals surface area contributed by atoms with Crippen LogP contribution in [0.1, 0.15) is 123 Å². The van der Waals surface area contributed by atoms with Crippen molar-refractivity contribution in [3.63, 3.8) is 0 Å². The van der Waals surface area contributed by atoms with Gasteiger partial charge >= 0.3 is 12.1 Å². The lowest BCUT2D eigenvalue weighted by Crippen LogP contribution is -2.31. The molecule has 6 heteroatoms. The molecule has 6 nitrogen and oxygen atoms in total. The summed E-state index contributed by atoms with van der Waals surface area (Å²) in [5.74, 6) is -0.294. The Hall–Kier alpha value is -2.89. The van der Waals surface area contributed by atoms with Crippen molar-refractivity contribution in [3.8, 4) is 0 Å². The van der Waals surface area contributed by atoms with Crippen LogP contribution in [0, 0.1) is 11.3 Å². The predicted octanol–water partition coefficient (Wildman–Crippen LogP) is 9.18. The molecule has 0 saturated carbocycles. The molecule has 0 aromatic heterocycles. The third-order valence-electron chi connectivity index (χ3n) is 8.26. The van der Waals surface area contributed by atoms with E-state index < -0.39 is 29.9 Å². The van der Waals surface area contributed by atoms with Crippen LogP contribution in [0.25, 0.3) is 0 Å². The standard InChI is InChI=1S/C35H52O6/c1-8-9-10-11-15-20-30(23-24-31(36)39-27(3)32(37)28-17-13-12-14-18-28)40-33(38)41-34(4,5)25-16-19-29-22-21-26(2)35(29,6)7/h12-14,16-19,21,27,29-30H,8-11,15,20,22-25H2,1-7H3. The van der Waals surface area contributed by atoms with E-state index in [0.29, 0.717) is 30.7 Å². The van der Waals surface area contributed by atoms with Crippen LogP contribution in [0.3, 0.4) is 0 Å². The SMILES string of the molecule is CCCCCCCC(CCC(=O)OC(C)C(=O)c1ccccc1)OC(=O)OC(C)(C)CC=CC1CC=C(C)C1(C)C. The fourth-order valence-electron chi connectivity index (χ4n) is 5.08. The molecule has 1 aromatic carbocycles. The first kappa shape index (κ1) is 34.3. The smallest absolute Gasteiger partial charge is 0.454 e. The molecule has 0 aliphatic heterocycles.